The molecular weight excluding hydrogens is 585 g/mol. The SMILES string of the molecule is Cn1cnnc1CC1(c2cccc(N3Cc4c(cc(CN5CCC(F)(F)[C@]6(CCCO6)C5)cc4C(F)(F)F)C3=O)c2)COC1. The Kier molecular flexibility index (Phi) is 6.87. The van der Waals surface area contributed by atoms with E-state index in [1.807, 2.05) is 23.7 Å². The van der Waals surface area contributed by atoms with Crippen molar-refractivity contribution in [3.63, 3.8) is 0 Å². The Bertz CT molecular complexity index is 1600. The summed E-state index contributed by atoms with van der Waals surface area (Å²) in [4.78, 5) is 16.8. The number of halogens is 5. The van der Waals surface area contributed by atoms with Crippen LogP contribution in [0.25, 0.3) is 0 Å². The van der Waals surface area contributed by atoms with E-state index in [0.29, 0.717) is 31.7 Å². The number of benzene rings is 2. The molecule has 0 bridgehead atoms. The maximum atomic E-state index is 14.8. The molecule has 3 aromatic rings. The highest BCUT2D eigenvalue weighted by molar-refractivity contribution is 6.10. The van der Waals surface area contributed by atoms with Gasteiger partial charge in [0.2, 0.25) is 0 Å². The predicted octanol–water partition coefficient (Wildman–Crippen LogP) is 4.90. The molecule has 234 valence electrons. The minimum absolute atomic E-state index is 0.00484. The van der Waals surface area contributed by atoms with Crippen molar-refractivity contribution in [2.75, 3.05) is 37.8 Å². The summed E-state index contributed by atoms with van der Waals surface area (Å²) >= 11 is 0. The van der Waals surface area contributed by atoms with Crippen LogP contribution in [0.1, 0.15) is 57.7 Å². The van der Waals surface area contributed by atoms with Crippen molar-refractivity contribution in [2.24, 2.45) is 7.05 Å². The first-order valence-electron chi connectivity index (χ1n) is 14.7. The zero-order chi connectivity index (χ0) is 30.9. The van der Waals surface area contributed by atoms with Gasteiger partial charge in [0.05, 0.1) is 25.3 Å². The van der Waals surface area contributed by atoms with Gasteiger partial charge in [0.25, 0.3) is 11.8 Å². The Labute approximate surface area is 250 Å². The summed E-state index contributed by atoms with van der Waals surface area (Å²) in [5, 5.41) is 8.15. The minimum atomic E-state index is -4.70. The first-order chi connectivity index (χ1) is 20.9. The van der Waals surface area contributed by atoms with E-state index in [-0.39, 0.29) is 55.9 Å². The summed E-state index contributed by atoms with van der Waals surface area (Å²) in [6.45, 7) is 0.827. The van der Waals surface area contributed by atoms with Crippen molar-refractivity contribution in [3.8, 4) is 0 Å². The van der Waals surface area contributed by atoms with Crippen molar-refractivity contribution in [1.82, 2.24) is 19.7 Å². The number of alkyl halides is 5. The average Bonchev–Trinajstić information content (AvgIpc) is 3.68. The quantitative estimate of drug-likeness (QED) is 0.367. The highest BCUT2D eigenvalue weighted by Gasteiger charge is 2.59. The van der Waals surface area contributed by atoms with Gasteiger partial charge in [-0.25, -0.2) is 8.78 Å². The second-order valence-electron chi connectivity index (χ2n) is 12.5. The average molecular weight is 618 g/mol. The van der Waals surface area contributed by atoms with Gasteiger partial charge >= 0.3 is 6.18 Å². The molecule has 0 N–H and O–H groups in total. The largest absolute Gasteiger partial charge is 0.416 e. The van der Waals surface area contributed by atoms with Gasteiger partial charge < -0.3 is 18.9 Å². The van der Waals surface area contributed by atoms with Crippen molar-refractivity contribution < 1.29 is 36.2 Å². The van der Waals surface area contributed by atoms with E-state index in [1.54, 1.807) is 23.4 Å². The lowest BCUT2D eigenvalue weighted by Gasteiger charge is -2.45. The molecule has 7 rings (SSSR count). The van der Waals surface area contributed by atoms with Gasteiger partial charge in [0, 0.05) is 62.8 Å². The molecule has 5 heterocycles. The number of hydrogen-bond acceptors (Lipinski definition) is 6. The Morgan fingerprint density at radius 3 is 2.57 bits per heavy atom. The van der Waals surface area contributed by atoms with Crippen molar-refractivity contribution >= 4 is 11.6 Å². The number of hydrogen-bond donors (Lipinski definition) is 0. The minimum Gasteiger partial charge on any atom is -0.379 e. The lowest BCUT2D eigenvalue weighted by atomic mass is 9.75. The molecule has 44 heavy (non-hydrogen) atoms. The van der Waals surface area contributed by atoms with E-state index < -0.39 is 41.0 Å². The van der Waals surface area contributed by atoms with Gasteiger partial charge in [-0.1, -0.05) is 12.1 Å². The van der Waals surface area contributed by atoms with Crippen LogP contribution in [0.2, 0.25) is 0 Å². The standard InChI is InChI=1S/C31H32F5N5O3/c1-39-19-37-38-26(39)13-28(17-43-18-28)21-4-2-5-22(12-21)41-15-24-23(27(41)42)10-20(11-25(24)31(34,35)36)14-40-8-7-30(32,33)29(16-40)6-3-9-44-29/h2,4-5,10-12,19H,3,6-9,13-18H2,1H3/t29-/m0/s1. The number of nitrogens with zero attached hydrogens (tertiary/aromatic N) is 5. The third-order valence-electron chi connectivity index (χ3n) is 9.63. The number of aryl methyl sites for hydroxylation is 1. The van der Waals surface area contributed by atoms with Crippen LogP contribution in [0.15, 0.2) is 42.7 Å². The fourth-order valence-corrected chi connectivity index (χ4v) is 7.10. The molecule has 1 amide bonds. The summed E-state index contributed by atoms with van der Waals surface area (Å²) in [7, 11) is 1.85. The summed E-state index contributed by atoms with van der Waals surface area (Å²) in [5.74, 6) is -2.76. The number of anilines is 1. The number of piperidine rings is 1. The lowest BCUT2D eigenvalue weighted by Crippen LogP contribution is -2.60. The van der Waals surface area contributed by atoms with Gasteiger partial charge in [0.15, 0.2) is 0 Å². The van der Waals surface area contributed by atoms with Crippen LogP contribution in [0.3, 0.4) is 0 Å². The first-order valence-corrected chi connectivity index (χ1v) is 14.7. The van der Waals surface area contributed by atoms with Gasteiger partial charge in [-0.3, -0.25) is 9.69 Å². The molecule has 3 fully saturated rings. The first kappa shape index (κ1) is 29.3. The third-order valence-corrected chi connectivity index (χ3v) is 9.63. The summed E-state index contributed by atoms with van der Waals surface area (Å²) in [6.07, 6.45) is -2.25. The Balaban J connectivity index is 1.17. The lowest BCUT2D eigenvalue weighted by molar-refractivity contribution is -0.220. The zero-order valence-corrected chi connectivity index (χ0v) is 24.2. The van der Waals surface area contributed by atoms with Crippen LogP contribution >= 0.6 is 0 Å². The van der Waals surface area contributed by atoms with Crippen LogP contribution in [-0.2, 0) is 47.6 Å². The highest BCUT2D eigenvalue weighted by Crippen LogP contribution is 2.46. The molecule has 0 saturated carbocycles. The molecule has 3 saturated heterocycles. The fourth-order valence-electron chi connectivity index (χ4n) is 7.10. The van der Waals surface area contributed by atoms with E-state index in [0.717, 1.165) is 17.5 Å². The molecular formula is C31H32F5N5O3. The van der Waals surface area contributed by atoms with Crippen LogP contribution in [0, 0.1) is 0 Å². The third kappa shape index (κ3) is 4.80. The normalized spacial score (nSPS) is 24.6. The summed E-state index contributed by atoms with van der Waals surface area (Å²) in [5.41, 5.74) is -1.36. The molecule has 4 aliphatic heterocycles. The summed E-state index contributed by atoms with van der Waals surface area (Å²) in [6, 6.07) is 9.82. The van der Waals surface area contributed by atoms with Crippen LogP contribution < -0.4 is 4.90 Å². The Hall–Kier alpha value is -3.42. The number of amides is 1. The van der Waals surface area contributed by atoms with Crippen molar-refractivity contribution in [3.05, 3.63) is 76.4 Å². The number of fused-ring (bicyclic) bond motifs is 1. The van der Waals surface area contributed by atoms with Crippen molar-refractivity contribution in [1.29, 1.82) is 0 Å². The van der Waals surface area contributed by atoms with E-state index in [1.165, 1.54) is 11.0 Å². The second kappa shape index (κ2) is 10.3. The van der Waals surface area contributed by atoms with E-state index in [4.69, 9.17) is 9.47 Å². The summed E-state index contributed by atoms with van der Waals surface area (Å²) < 4.78 is 85.7. The second-order valence-corrected chi connectivity index (χ2v) is 12.5. The number of aromatic nitrogens is 3. The van der Waals surface area contributed by atoms with Gasteiger partial charge in [-0.15, -0.1) is 10.2 Å². The number of carbonyl (C=O) groups excluding carboxylic acids is 1. The smallest absolute Gasteiger partial charge is 0.379 e. The topological polar surface area (TPSA) is 72.7 Å². The molecule has 1 aromatic heterocycles. The van der Waals surface area contributed by atoms with Crippen LogP contribution in [0.4, 0.5) is 27.6 Å². The zero-order valence-electron chi connectivity index (χ0n) is 24.2. The maximum Gasteiger partial charge on any atom is 0.416 e. The van der Waals surface area contributed by atoms with Crippen molar-refractivity contribution in [2.45, 2.75) is 61.9 Å². The molecule has 8 nitrogen and oxygen atoms in total. The molecule has 13 heteroatoms. The molecule has 0 unspecified atom stereocenters. The number of carbonyl (C=O) groups is 1. The van der Waals surface area contributed by atoms with Gasteiger partial charge in [0.1, 0.15) is 17.8 Å². The number of rotatable bonds is 6. The molecule has 0 aliphatic carbocycles. The maximum absolute atomic E-state index is 14.8. The highest BCUT2D eigenvalue weighted by atomic mass is 19.4. The molecule has 4 aliphatic rings. The fraction of sp³-hybridized carbons (Fsp3) is 0.516. The number of ether oxygens (including phenoxy) is 2. The van der Waals surface area contributed by atoms with Crippen LogP contribution in [0.5, 0.6) is 0 Å². The Morgan fingerprint density at radius 2 is 1.91 bits per heavy atom. The van der Waals surface area contributed by atoms with Crippen LogP contribution in [-0.4, -0.2) is 70.0 Å². The molecule has 1 atom stereocenters. The molecule has 0 radical (unpaired) electrons. The Morgan fingerprint density at radius 1 is 1.09 bits per heavy atom. The molecule has 2 aromatic carbocycles. The predicted molar refractivity (Wildman–Crippen MR) is 148 cm³/mol. The number of likely N-dealkylation sites (tertiary alicyclic amines) is 1. The monoisotopic (exact) mass is 617 g/mol. The molecule has 1 spiro atoms. The van der Waals surface area contributed by atoms with E-state index in [9.17, 15) is 26.7 Å². The van der Waals surface area contributed by atoms with Gasteiger partial charge in [-0.2, -0.15) is 13.2 Å². The van der Waals surface area contributed by atoms with Gasteiger partial charge in [-0.05, 0) is 53.8 Å². The van der Waals surface area contributed by atoms with E-state index >= 15 is 0 Å². The van der Waals surface area contributed by atoms with E-state index in [2.05, 4.69) is 10.2 Å².